The number of nitrogens with zero attached hydrogens (tertiary/aromatic N) is 1. The van der Waals surface area contributed by atoms with Crippen LogP contribution in [0.25, 0.3) is 0 Å². The summed E-state index contributed by atoms with van der Waals surface area (Å²) in [5.74, 6) is -1.05. The first-order valence-electron chi connectivity index (χ1n) is 10.5. The van der Waals surface area contributed by atoms with Crippen molar-refractivity contribution >= 4 is 23.8 Å². The maximum absolute atomic E-state index is 12.5. The molecule has 0 aromatic heterocycles. The lowest BCUT2D eigenvalue weighted by Gasteiger charge is -2.38. The normalized spacial score (nSPS) is 18.3. The fourth-order valence-corrected chi connectivity index (χ4v) is 3.50. The first-order chi connectivity index (χ1) is 14.7. The molecule has 9 nitrogen and oxygen atoms in total. The first kappa shape index (κ1) is 24.2. The molecule has 2 rings (SSSR count). The Morgan fingerprint density at radius 2 is 1.65 bits per heavy atom. The average molecular weight is 434 g/mol. The standard InChI is InChI=1S/C22H31N3O6/c1-14(2)23-22(29)24-19(26)12-31-21(28)17-8-10-18(11-9-17)30-13-20(27)25-15(3)6-5-7-16(25)4/h8-11,14-16H,5-7,12-13H2,1-4H3,(H2,23,24,26,29). The molecule has 2 atom stereocenters. The van der Waals surface area contributed by atoms with Gasteiger partial charge in [-0.05, 0) is 71.2 Å². The zero-order chi connectivity index (χ0) is 23.0. The summed E-state index contributed by atoms with van der Waals surface area (Å²) in [6, 6.07) is 5.70. The molecular weight excluding hydrogens is 402 g/mol. The lowest BCUT2D eigenvalue weighted by molar-refractivity contribution is -0.139. The maximum atomic E-state index is 12.5. The highest BCUT2D eigenvalue weighted by atomic mass is 16.5. The van der Waals surface area contributed by atoms with Crippen LogP contribution >= 0.6 is 0 Å². The van der Waals surface area contributed by atoms with Gasteiger partial charge in [-0.2, -0.15) is 0 Å². The van der Waals surface area contributed by atoms with Crippen molar-refractivity contribution in [2.45, 2.75) is 65.1 Å². The molecule has 1 saturated heterocycles. The molecule has 170 valence electrons. The SMILES string of the molecule is CC(C)NC(=O)NC(=O)COC(=O)c1ccc(OCC(=O)N2C(C)CCCC2C)cc1. The number of esters is 1. The molecule has 1 heterocycles. The summed E-state index contributed by atoms with van der Waals surface area (Å²) in [7, 11) is 0. The van der Waals surface area contributed by atoms with Gasteiger partial charge >= 0.3 is 12.0 Å². The number of hydrogen-bond acceptors (Lipinski definition) is 6. The van der Waals surface area contributed by atoms with Gasteiger partial charge in [0, 0.05) is 18.1 Å². The van der Waals surface area contributed by atoms with E-state index in [1.54, 1.807) is 26.0 Å². The predicted octanol–water partition coefficient (Wildman–Crippen LogP) is 2.25. The number of piperidine rings is 1. The third-order valence-corrected chi connectivity index (χ3v) is 4.94. The van der Waals surface area contributed by atoms with E-state index >= 15 is 0 Å². The number of amides is 4. The van der Waals surface area contributed by atoms with Crippen LogP contribution in [0.4, 0.5) is 4.79 Å². The monoisotopic (exact) mass is 433 g/mol. The van der Waals surface area contributed by atoms with E-state index < -0.39 is 24.5 Å². The van der Waals surface area contributed by atoms with Crippen molar-refractivity contribution in [2.24, 2.45) is 0 Å². The fourth-order valence-electron chi connectivity index (χ4n) is 3.50. The number of benzene rings is 1. The predicted molar refractivity (Wildman–Crippen MR) is 114 cm³/mol. The Balaban J connectivity index is 1.79. The van der Waals surface area contributed by atoms with Crippen LogP contribution in [-0.2, 0) is 14.3 Å². The summed E-state index contributed by atoms with van der Waals surface area (Å²) in [6.07, 6.45) is 3.11. The minimum absolute atomic E-state index is 0.0595. The summed E-state index contributed by atoms with van der Waals surface area (Å²) < 4.78 is 10.5. The van der Waals surface area contributed by atoms with Gasteiger partial charge in [-0.15, -0.1) is 0 Å². The molecule has 1 aliphatic heterocycles. The number of urea groups is 1. The minimum atomic E-state index is -0.730. The second-order valence-electron chi connectivity index (χ2n) is 8.00. The lowest BCUT2D eigenvalue weighted by atomic mass is 9.97. The van der Waals surface area contributed by atoms with E-state index in [9.17, 15) is 19.2 Å². The molecule has 0 spiro atoms. The van der Waals surface area contributed by atoms with Crippen molar-refractivity contribution in [3.8, 4) is 5.75 Å². The largest absolute Gasteiger partial charge is 0.484 e. The Hall–Kier alpha value is -3.10. The summed E-state index contributed by atoms with van der Waals surface area (Å²) in [5.41, 5.74) is 0.219. The Morgan fingerprint density at radius 3 is 2.23 bits per heavy atom. The molecule has 9 heteroatoms. The molecule has 0 radical (unpaired) electrons. The second kappa shape index (κ2) is 11.3. The van der Waals surface area contributed by atoms with Gasteiger partial charge in [0.1, 0.15) is 5.75 Å². The van der Waals surface area contributed by atoms with Crippen LogP contribution in [0.1, 0.15) is 57.3 Å². The van der Waals surface area contributed by atoms with Crippen molar-refractivity contribution in [3.63, 3.8) is 0 Å². The van der Waals surface area contributed by atoms with Gasteiger partial charge in [0.2, 0.25) is 0 Å². The molecule has 4 amide bonds. The average Bonchev–Trinajstić information content (AvgIpc) is 2.70. The summed E-state index contributed by atoms with van der Waals surface area (Å²) >= 11 is 0. The zero-order valence-electron chi connectivity index (χ0n) is 18.5. The quantitative estimate of drug-likeness (QED) is 0.638. The Kier molecular flexibility index (Phi) is 8.84. The molecule has 2 unspecified atom stereocenters. The van der Waals surface area contributed by atoms with E-state index in [0.29, 0.717) is 5.75 Å². The Labute approximate surface area is 182 Å². The maximum Gasteiger partial charge on any atom is 0.338 e. The number of likely N-dealkylation sites (tertiary alicyclic amines) is 1. The third kappa shape index (κ3) is 7.58. The van der Waals surface area contributed by atoms with E-state index in [1.807, 2.05) is 18.7 Å². The lowest BCUT2D eigenvalue weighted by Crippen LogP contribution is -2.49. The van der Waals surface area contributed by atoms with Crippen molar-refractivity contribution in [1.29, 1.82) is 0 Å². The van der Waals surface area contributed by atoms with Gasteiger partial charge in [-0.3, -0.25) is 14.9 Å². The number of nitrogens with one attached hydrogen (secondary N) is 2. The molecule has 1 aromatic rings. The third-order valence-electron chi connectivity index (χ3n) is 4.94. The second-order valence-corrected chi connectivity index (χ2v) is 8.00. The van der Waals surface area contributed by atoms with Crippen molar-refractivity contribution in [3.05, 3.63) is 29.8 Å². The molecule has 0 saturated carbocycles. The van der Waals surface area contributed by atoms with Gasteiger partial charge in [0.05, 0.1) is 5.56 Å². The smallest absolute Gasteiger partial charge is 0.338 e. The molecule has 1 aliphatic rings. The highest BCUT2D eigenvalue weighted by Gasteiger charge is 2.29. The van der Waals surface area contributed by atoms with E-state index in [-0.39, 0.29) is 36.2 Å². The number of hydrogen-bond donors (Lipinski definition) is 2. The topological polar surface area (TPSA) is 114 Å². The van der Waals surface area contributed by atoms with Gasteiger partial charge in [0.25, 0.3) is 11.8 Å². The molecule has 31 heavy (non-hydrogen) atoms. The Morgan fingerprint density at radius 1 is 1.03 bits per heavy atom. The molecule has 0 bridgehead atoms. The van der Waals surface area contributed by atoms with Gasteiger partial charge in [0.15, 0.2) is 13.2 Å². The molecular formula is C22H31N3O6. The highest BCUT2D eigenvalue weighted by molar-refractivity contribution is 5.97. The summed E-state index contributed by atoms with van der Waals surface area (Å²) in [6.45, 7) is 6.94. The number of carbonyl (C=O) groups is 4. The molecule has 2 N–H and O–H groups in total. The zero-order valence-corrected chi connectivity index (χ0v) is 18.5. The van der Waals surface area contributed by atoms with Gasteiger partial charge in [-0.1, -0.05) is 0 Å². The van der Waals surface area contributed by atoms with Crippen LogP contribution in [0.5, 0.6) is 5.75 Å². The number of rotatable bonds is 7. The summed E-state index contributed by atoms with van der Waals surface area (Å²) in [4.78, 5) is 49.5. The molecule has 1 fully saturated rings. The highest BCUT2D eigenvalue weighted by Crippen LogP contribution is 2.23. The fraction of sp³-hybridized carbons (Fsp3) is 0.545. The Bertz CT molecular complexity index is 783. The van der Waals surface area contributed by atoms with Crippen molar-refractivity contribution in [2.75, 3.05) is 13.2 Å². The first-order valence-corrected chi connectivity index (χ1v) is 10.5. The van der Waals surface area contributed by atoms with Gasteiger partial charge < -0.3 is 19.7 Å². The van der Waals surface area contributed by atoms with E-state index in [0.717, 1.165) is 19.3 Å². The molecule has 1 aromatic carbocycles. The van der Waals surface area contributed by atoms with Crippen molar-refractivity contribution < 1.29 is 28.7 Å². The molecule has 0 aliphatic carbocycles. The van der Waals surface area contributed by atoms with Crippen LogP contribution in [0.15, 0.2) is 24.3 Å². The minimum Gasteiger partial charge on any atom is -0.484 e. The van der Waals surface area contributed by atoms with Crippen LogP contribution in [0.3, 0.4) is 0 Å². The van der Waals surface area contributed by atoms with E-state index in [2.05, 4.69) is 10.6 Å². The summed E-state index contributed by atoms with van der Waals surface area (Å²) in [5, 5.41) is 4.56. The van der Waals surface area contributed by atoms with Crippen LogP contribution in [-0.4, -0.2) is 60.1 Å². The number of imide groups is 1. The van der Waals surface area contributed by atoms with Crippen LogP contribution < -0.4 is 15.4 Å². The van der Waals surface area contributed by atoms with Crippen LogP contribution in [0.2, 0.25) is 0 Å². The number of ether oxygens (including phenoxy) is 2. The van der Waals surface area contributed by atoms with E-state index in [1.165, 1.54) is 12.1 Å². The number of carbonyl (C=O) groups excluding carboxylic acids is 4. The van der Waals surface area contributed by atoms with Crippen molar-refractivity contribution in [1.82, 2.24) is 15.5 Å². The van der Waals surface area contributed by atoms with Gasteiger partial charge in [-0.25, -0.2) is 9.59 Å². The van der Waals surface area contributed by atoms with Crippen LogP contribution in [0, 0.1) is 0 Å². The van der Waals surface area contributed by atoms with E-state index in [4.69, 9.17) is 9.47 Å².